The first-order chi connectivity index (χ1) is 13.7. The molecule has 2 aromatic rings. The van der Waals surface area contributed by atoms with E-state index < -0.39 is 0 Å². The fourth-order valence-electron chi connectivity index (χ4n) is 3.15. The minimum Gasteiger partial charge on any atom is -0.493 e. The second-order valence-corrected chi connectivity index (χ2v) is 6.60. The number of para-hydroxylation sites is 1. The maximum Gasteiger partial charge on any atom is 0.258 e. The topological polar surface area (TPSA) is 57.2 Å². The number of ether oxygens (including phenoxy) is 4. The fraction of sp³-hybridized carbons (Fsp3) is 0.409. The molecule has 0 unspecified atom stereocenters. The third-order valence-corrected chi connectivity index (χ3v) is 4.47. The number of amides is 1. The van der Waals surface area contributed by atoms with E-state index in [1.807, 2.05) is 35.2 Å². The quantitative estimate of drug-likeness (QED) is 0.645. The molecule has 6 nitrogen and oxygen atoms in total. The second kappa shape index (κ2) is 9.35. The first kappa shape index (κ1) is 19.9. The number of nitrogens with zero attached hydrogens (tertiary/aromatic N) is 1. The number of fused-ring (bicyclic) bond motifs is 1. The van der Waals surface area contributed by atoms with E-state index in [-0.39, 0.29) is 12.7 Å². The van der Waals surface area contributed by atoms with Gasteiger partial charge in [-0.25, -0.2) is 0 Å². The predicted molar refractivity (Wildman–Crippen MR) is 106 cm³/mol. The third kappa shape index (κ3) is 4.32. The van der Waals surface area contributed by atoms with E-state index in [9.17, 15) is 4.79 Å². The van der Waals surface area contributed by atoms with E-state index in [0.717, 1.165) is 18.4 Å². The zero-order valence-electron chi connectivity index (χ0n) is 16.7. The molecular formula is C22H27NO5. The lowest BCUT2D eigenvalue weighted by atomic mass is 10.1. The van der Waals surface area contributed by atoms with Gasteiger partial charge in [-0.15, -0.1) is 0 Å². The predicted octanol–water partition coefficient (Wildman–Crippen LogP) is 4.27. The monoisotopic (exact) mass is 385 g/mol. The van der Waals surface area contributed by atoms with E-state index in [4.69, 9.17) is 18.9 Å². The molecule has 0 fully saturated rings. The average molecular weight is 385 g/mol. The van der Waals surface area contributed by atoms with E-state index in [2.05, 4.69) is 13.8 Å². The Morgan fingerprint density at radius 1 is 1.11 bits per heavy atom. The lowest BCUT2D eigenvalue weighted by Gasteiger charge is -2.23. The Labute approximate surface area is 166 Å². The van der Waals surface area contributed by atoms with Crippen molar-refractivity contribution in [2.24, 2.45) is 0 Å². The summed E-state index contributed by atoms with van der Waals surface area (Å²) in [5, 5.41) is 0. The molecule has 6 heteroatoms. The van der Waals surface area contributed by atoms with E-state index in [1.54, 1.807) is 13.2 Å². The largest absolute Gasteiger partial charge is 0.493 e. The highest BCUT2D eigenvalue weighted by atomic mass is 16.7. The van der Waals surface area contributed by atoms with Gasteiger partial charge in [0.1, 0.15) is 0 Å². The number of rotatable bonds is 9. The molecule has 3 rings (SSSR count). The Morgan fingerprint density at radius 3 is 2.71 bits per heavy atom. The third-order valence-electron chi connectivity index (χ3n) is 4.47. The van der Waals surface area contributed by atoms with Crippen LogP contribution in [0.4, 0.5) is 0 Å². The molecule has 1 heterocycles. The van der Waals surface area contributed by atoms with Crippen molar-refractivity contribution in [3.8, 4) is 23.0 Å². The van der Waals surface area contributed by atoms with Crippen LogP contribution in [0.3, 0.4) is 0 Å². The molecule has 0 spiro atoms. The van der Waals surface area contributed by atoms with Crippen LogP contribution in [0.25, 0.3) is 0 Å². The Hall–Kier alpha value is -2.89. The van der Waals surface area contributed by atoms with Gasteiger partial charge in [-0.2, -0.15) is 0 Å². The summed E-state index contributed by atoms with van der Waals surface area (Å²) < 4.78 is 22.1. The number of hydrogen-bond acceptors (Lipinski definition) is 5. The van der Waals surface area contributed by atoms with Crippen LogP contribution in [-0.2, 0) is 6.54 Å². The standard InChI is InChI=1S/C22H27NO5/c1-4-11-23(22(24)17-7-6-8-19-21(17)28-15-27-19)14-16-9-10-18(26-12-5-2)20(13-16)25-3/h6-10,13H,4-5,11-12,14-15H2,1-3H3. The van der Waals surface area contributed by atoms with E-state index in [1.165, 1.54) is 0 Å². The smallest absolute Gasteiger partial charge is 0.258 e. The van der Waals surface area contributed by atoms with Gasteiger partial charge in [0.05, 0.1) is 19.3 Å². The van der Waals surface area contributed by atoms with Gasteiger partial charge in [-0.1, -0.05) is 26.0 Å². The van der Waals surface area contributed by atoms with Gasteiger partial charge in [0.15, 0.2) is 23.0 Å². The lowest BCUT2D eigenvalue weighted by Crippen LogP contribution is -2.31. The second-order valence-electron chi connectivity index (χ2n) is 6.60. The van der Waals surface area contributed by atoms with E-state index >= 15 is 0 Å². The first-order valence-corrected chi connectivity index (χ1v) is 9.65. The average Bonchev–Trinajstić information content (AvgIpc) is 3.20. The molecule has 0 bridgehead atoms. The Balaban J connectivity index is 1.81. The molecule has 0 atom stereocenters. The van der Waals surface area contributed by atoms with Crippen LogP contribution in [0.2, 0.25) is 0 Å². The maximum absolute atomic E-state index is 13.2. The van der Waals surface area contributed by atoms with Crippen molar-refractivity contribution < 1.29 is 23.7 Å². The molecule has 0 N–H and O–H groups in total. The molecule has 2 aromatic carbocycles. The summed E-state index contributed by atoms with van der Waals surface area (Å²) in [6.07, 6.45) is 1.78. The zero-order chi connectivity index (χ0) is 19.9. The molecule has 1 aliphatic rings. The van der Waals surface area contributed by atoms with Crippen LogP contribution in [0.1, 0.15) is 42.6 Å². The number of carbonyl (C=O) groups excluding carboxylic acids is 1. The lowest BCUT2D eigenvalue weighted by molar-refractivity contribution is 0.0738. The van der Waals surface area contributed by atoms with Crippen LogP contribution >= 0.6 is 0 Å². The Morgan fingerprint density at radius 2 is 1.96 bits per heavy atom. The molecule has 28 heavy (non-hydrogen) atoms. The highest BCUT2D eigenvalue weighted by Gasteiger charge is 2.25. The number of carbonyl (C=O) groups is 1. The summed E-state index contributed by atoms with van der Waals surface area (Å²) in [5.41, 5.74) is 1.51. The van der Waals surface area contributed by atoms with Crippen molar-refractivity contribution >= 4 is 5.91 Å². The van der Waals surface area contributed by atoms with Gasteiger partial charge in [-0.3, -0.25) is 4.79 Å². The number of benzene rings is 2. The molecule has 0 saturated carbocycles. The summed E-state index contributed by atoms with van der Waals surface area (Å²) in [6.45, 7) is 6.00. The molecule has 0 saturated heterocycles. The van der Waals surface area contributed by atoms with Gasteiger partial charge >= 0.3 is 0 Å². The molecular weight excluding hydrogens is 358 g/mol. The van der Waals surface area contributed by atoms with Gasteiger partial charge < -0.3 is 23.8 Å². The Bertz CT molecular complexity index is 821. The van der Waals surface area contributed by atoms with Crippen molar-refractivity contribution in [3.63, 3.8) is 0 Å². The van der Waals surface area contributed by atoms with Crippen LogP contribution in [0, 0.1) is 0 Å². The Kier molecular flexibility index (Phi) is 6.63. The van der Waals surface area contributed by atoms with Crippen LogP contribution in [0.5, 0.6) is 23.0 Å². The summed E-state index contributed by atoms with van der Waals surface area (Å²) in [5.74, 6) is 2.45. The summed E-state index contributed by atoms with van der Waals surface area (Å²) in [4.78, 5) is 15.0. The highest BCUT2D eigenvalue weighted by Crippen LogP contribution is 2.36. The van der Waals surface area contributed by atoms with Crippen molar-refractivity contribution in [2.45, 2.75) is 33.2 Å². The van der Waals surface area contributed by atoms with Crippen molar-refractivity contribution in [1.82, 2.24) is 4.90 Å². The molecule has 1 aliphatic heterocycles. The molecule has 0 aliphatic carbocycles. The molecule has 150 valence electrons. The van der Waals surface area contributed by atoms with Crippen molar-refractivity contribution in [2.75, 3.05) is 27.1 Å². The minimum absolute atomic E-state index is 0.0746. The van der Waals surface area contributed by atoms with Gasteiger partial charge in [0.25, 0.3) is 5.91 Å². The number of methoxy groups -OCH3 is 1. The SMILES string of the molecule is CCCOc1ccc(CN(CCC)C(=O)c2cccc3c2OCO3)cc1OC. The summed E-state index contributed by atoms with van der Waals surface area (Å²) >= 11 is 0. The zero-order valence-corrected chi connectivity index (χ0v) is 16.7. The summed E-state index contributed by atoms with van der Waals surface area (Å²) in [7, 11) is 1.62. The van der Waals surface area contributed by atoms with Gasteiger partial charge in [0.2, 0.25) is 6.79 Å². The summed E-state index contributed by atoms with van der Waals surface area (Å²) in [6, 6.07) is 11.2. The minimum atomic E-state index is -0.0746. The van der Waals surface area contributed by atoms with Crippen LogP contribution in [-0.4, -0.2) is 37.9 Å². The number of hydrogen-bond donors (Lipinski definition) is 0. The molecule has 0 aromatic heterocycles. The molecule has 1 amide bonds. The van der Waals surface area contributed by atoms with Gasteiger partial charge in [0, 0.05) is 13.1 Å². The maximum atomic E-state index is 13.2. The fourth-order valence-corrected chi connectivity index (χ4v) is 3.15. The van der Waals surface area contributed by atoms with Crippen LogP contribution in [0.15, 0.2) is 36.4 Å². The van der Waals surface area contributed by atoms with Crippen molar-refractivity contribution in [3.05, 3.63) is 47.5 Å². The van der Waals surface area contributed by atoms with Crippen molar-refractivity contribution in [1.29, 1.82) is 0 Å². The first-order valence-electron chi connectivity index (χ1n) is 9.65. The normalized spacial score (nSPS) is 12.0. The highest BCUT2D eigenvalue weighted by molar-refractivity contribution is 5.98. The van der Waals surface area contributed by atoms with Crippen LogP contribution < -0.4 is 18.9 Å². The van der Waals surface area contributed by atoms with E-state index in [0.29, 0.717) is 48.3 Å². The van der Waals surface area contributed by atoms with Gasteiger partial charge in [-0.05, 0) is 42.7 Å². The molecule has 0 radical (unpaired) electrons.